The Kier molecular flexibility index (Phi) is 9.36. The fraction of sp³-hybridized carbons (Fsp3) is 0.587. The Labute approximate surface area is 345 Å². The summed E-state index contributed by atoms with van der Waals surface area (Å²) in [5.41, 5.74) is -1.62. The van der Waals surface area contributed by atoms with E-state index in [0.29, 0.717) is 82.6 Å². The van der Waals surface area contributed by atoms with Crippen LogP contribution in [-0.4, -0.2) is 133 Å². The highest BCUT2D eigenvalue weighted by atomic mass is 16.6. The lowest BCUT2D eigenvalue weighted by Gasteiger charge is -2.63. The third kappa shape index (κ3) is 5.20. The molecule has 6 heterocycles. The van der Waals surface area contributed by atoms with Crippen LogP contribution in [-0.2, 0) is 45.8 Å². The van der Waals surface area contributed by atoms with Gasteiger partial charge in [-0.1, -0.05) is 44.2 Å². The molecule has 59 heavy (non-hydrogen) atoms. The minimum absolute atomic E-state index is 0.0986. The minimum Gasteiger partial charge on any atom is -0.496 e. The van der Waals surface area contributed by atoms with Crippen molar-refractivity contribution in [3.63, 3.8) is 0 Å². The van der Waals surface area contributed by atoms with E-state index in [1.165, 1.54) is 21.1 Å². The van der Waals surface area contributed by atoms with Crippen molar-refractivity contribution in [1.29, 1.82) is 0 Å². The third-order valence-corrected chi connectivity index (χ3v) is 15.6. The van der Waals surface area contributed by atoms with E-state index in [4.69, 9.17) is 18.9 Å². The van der Waals surface area contributed by atoms with Gasteiger partial charge >= 0.3 is 17.9 Å². The lowest BCUT2D eigenvalue weighted by atomic mass is 9.47. The highest BCUT2D eigenvalue weighted by molar-refractivity contribution is 5.95. The van der Waals surface area contributed by atoms with E-state index >= 15 is 4.79 Å². The largest absolute Gasteiger partial charge is 0.496 e. The van der Waals surface area contributed by atoms with Crippen LogP contribution in [0.5, 0.6) is 5.75 Å². The Hall–Kier alpha value is -4.43. The maximum Gasteiger partial charge on any atom is 0.344 e. The number of para-hydroxylation sites is 1. The number of methoxy groups -OCH3 is 3. The summed E-state index contributed by atoms with van der Waals surface area (Å²) in [6.45, 7) is 8.62. The van der Waals surface area contributed by atoms with Gasteiger partial charge in [-0.05, 0) is 74.2 Å². The molecule has 3 N–H and O–H groups in total. The molecule has 3 fully saturated rings. The zero-order valence-corrected chi connectivity index (χ0v) is 35.3. The number of aromatic nitrogens is 1. The van der Waals surface area contributed by atoms with Crippen molar-refractivity contribution in [2.24, 2.45) is 11.3 Å². The van der Waals surface area contributed by atoms with E-state index in [0.717, 1.165) is 33.4 Å². The molecule has 1 aromatic heterocycles. The van der Waals surface area contributed by atoms with Gasteiger partial charge in [-0.15, -0.1) is 0 Å². The molecule has 1 spiro atoms. The summed E-state index contributed by atoms with van der Waals surface area (Å²) in [5, 5.41) is 26.3. The number of carbonyl (C=O) groups is 3. The smallest absolute Gasteiger partial charge is 0.344 e. The number of piperidine rings is 1. The zero-order valence-electron chi connectivity index (χ0n) is 35.3. The van der Waals surface area contributed by atoms with Gasteiger partial charge in [0.15, 0.2) is 6.10 Å². The number of H-pyrrole nitrogens is 1. The van der Waals surface area contributed by atoms with Gasteiger partial charge in [-0.2, -0.15) is 0 Å². The average molecular weight is 811 g/mol. The monoisotopic (exact) mass is 810 g/mol. The summed E-state index contributed by atoms with van der Waals surface area (Å²) in [4.78, 5) is 53.2. The lowest BCUT2D eigenvalue weighted by molar-refractivity contribution is -0.228. The molecule has 2 bridgehead atoms. The zero-order chi connectivity index (χ0) is 41.9. The molecule has 6 aliphatic rings. The van der Waals surface area contributed by atoms with Crippen molar-refractivity contribution in [2.45, 2.75) is 99.5 Å². The number of carbonyl (C=O) groups excluding carboxylic acids is 3. The number of aromatic amines is 1. The maximum absolute atomic E-state index is 15.3. The summed E-state index contributed by atoms with van der Waals surface area (Å²) >= 11 is 0. The van der Waals surface area contributed by atoms with Crippen LogP contribution in [0, 0.1) is 11.3 Å². The quantitative estimate of drug-likeness (QED) is 0.180. The second-order valence-electron chi connectivity index (χ2n) is 18.2. The van der Waals surface area contributed by atoms with Gasteiger partial charge in [0, 0.05) is 90.9 Å². The number of rotatable bonds is 7. The summed E-state index contributed by atoms with van der Waals surface area (Å²) < 4.78 is 23.9. The molecule has 0 radical (unpaired) electrons. The second-order valence-corrected chi connectivity index (χ2v) is 18.2. The van der Waals surface area contributed by atoms with Crippen LogP contribution in [0.1, 0.15) is 75.3 Å². The Morgan fingerprint density at radius 2 is 1.71 bits per heavy atom. The normalized spacial score (nSPS) is 37.0. The number of nitrogens with one attached hydrogen (secondary N) is 1. The molecule has 2 aromatic carbocycles. The number of anilines is 1. The van der Waals surface area contributed by atoms with E-state index in [9.17, 15) is 19.8 Å². The first-order chi connectivity index (χ1) is 28.2. The van der Waals surface area contributed by atoms with E-state index in [2.05, 4.69) is 39.1 Å². The van der Waals surface area contributed by atoms with Crippen LogP contribution in [0.2, 0.25) is 0 Å². The molecule has 13 heteroatoms. The Bertz CT molecular complexity index is 2260. The summed E-state index contributed by atoms with van der Waals surface area (Å²) in [7, 11) is 6.15. The number of hydrogen-bond acceptors (Lipinski definition) is 12. The number of nitrogens with zero attached hydrogens (tertiary/aromatic N) is 3. The fourth-order valence-electron chi connectivity index (χ4n) is 13.5. The molecule has 3 aromatic rings. The van der Waals surface area contributed by atoms with Crippen molar-refractivity contribution in [3.8, 4) is 5.75 Å². The molecule has 3 unspecified atom stereocenters. The molecule has 9 rings (SSSR count). The number of hydrogen-bond donors (Lipinski definition) is 3. The summed E-state index contributed by atoms with van der Waals surface area (Å²) in [6, 6.07) is 11.0. The van der Waals surface area contributed by atoms with Crippen molar-refractivity contribution in [3.05, 3.63) is 70.9 Å². The van der Waals surface area contributed by atoms with Gasteiger partial charge in [0.2, 0.25) is 5.60 Å². The van der Waals surface area contributed by atoms with Gasteiger partial charge in [0.25, 0.3) is 0 Å². The van der Waals surface area contributed by atoms with Crippen molar-refractivity contribution >= 4 is 34.5 Å². The second kappa shape index (κ2) is 13.8. The molecule has 0 amide bonds. The fourth-order valence-corrected chi connectivity index (χ4v) is 13.5. The van der Waals surface area contributed by atoms with Crippen molar-refractivity contribution < 1.29 is 43.5 Å². The van der Waals surface area contributed by atoms with Crippen LogP contribution < -0.4 is 9.64 Å². The topological polar surface area (TPSA) is 154 Å². The van der Waals surface area contributed by atoms with Gasteiger partial charge in [0.05, 0.1) is 33.0 Å². The van der Waals surface area contributed by atoms with Gasteiger partial charge < -0.3 is 39.0 Å². The van der Waals surface area contributed by atoms with E-state index < -0.39 is 57.5 Å². The van der Waals surface area contributed by atoms with Crippen LogP contribution in [0.4, 0.5) is 5.69 Å². The van der Waals surface area contributed by atoms with Gasteiger partial charge in [-0.3, -0.25) is 19.4 Å². The first-order valence-corrected chi connectivity index (χ1v) is 21.2. The van der Waals surface area contributed by atoms with Crippen molar-refractivity contribution in [2.75, 3.05) is 66.0 Å². The highest BCUT2D eigenvalue weighted by Crippen LogP contribution is 2.68. The standard InChI is InChI=1S/C46H58N4O9/c1-8-42(54)23-28-24-45(40(52)57-6,36-30(15-19-49(25-28)26-42)29-13-10-11-14-33(29)47-36)32-21-31-34(22-35(32)56-5)48(4)38-44(31)17-20-50-18-12-16-43(9-2,37(44)50)39(59-27(3)51)46(38,55)41(53)58-7/h10-14,16,21-22,28,37-39,47,54-55H,8-9,15,17-20,23-26H2,1-7H3/t28-,37-,38+,39+,42-,43+,44+,45?,46?/m0/s1. The predicted molar refractivity (Wildman–Crippen MR) is 220 cm³/mol. The Morgan fingerprint density at radius 3 is 2.41 bits per heavy atom. The van der Waals surface area contributed by atoms with Gasteiger partial charge in [-0.25, -0.2) is 4.79 Å². The highest BCUT2D eigenvalue weighted by Gasteiger charge is 2.80. The number of ether oxygens (including phenoxy) is 4. The molecular formula is C46H58N4O9. The SMILES string of the molecule is CC[C@]1(O)C[C@@H]2CN(CCc3c([nH]c4ccccc34)C(C(=O)OC)(c3cc4c(cc3OC)N(C)[C@H]3C(O)(C(=O)OC)[C@H](OC(C)=O)[C@]5(CC)C=CCN6CC[C@]43[C@@H]65)C2)C1. The predicted octanol–water partition coefficient (Wildman–Crippen LogP) is 3.99. The first kappa shape index (κ1) is 40.0. The van der Waals surface area contributed by atoms with E-state index in [-0.39, 0.29) is 12.0 Å². The third-order valence-electron chi connectivity index (χ3n) is 15.6. The molecule has 316 valence electrons. The molecular weight excluding hydrogens is 753 g/mol. The van der Waals surface area contributed by atoms with Gasteiger partial charge in [0.1, 0.15) is 11.2 Å². The van der Waals surface area contributed by atoms with Crippen molar-refractivity contribution in [1.82, 2.24) is 14.8 Å². The molecule has 1 aliphatic carbocycles. The summed E-state index contributed by atoms with van der Waals surface area (Å²) in [6.07, 6.45) is 5.94. The minimum atomic E-state index is -2.30. The molecule has 2 saturated heterocycles. The molecule has 13 nitrogen and oxygen atoms in total. The maximum atomic E-state index is 15.3. The Balaban J connectivity index is 1.36. The lowest BCUT2D eigenvalue weighted by Crippen LogP contribution is -2.81. The number of fused-ring (bicyclic) bond motifs is 6. The average Bonchev–Trinajstić information content (AvgIpc) is 3.90. The van der Waals surface area contributed by atoms with E-state index in [1.807, 2.05) is 50.1 Å². The molecule has 10 atom stereocenters. The van der Waals surface area contributed by atoms with Crippen LogP contribution in [0.15, 0.2) is 48.6 Å². The molecule has 5 aliphatic heterocycles. The van der Waals surface area contributed by atoms with Crippen LogP contribution >= 0.6 is 0 Å². The first-order valence-electron chi connectivity index (χ1n) is 21.2. The number of benzene rings is 2. The van der Waals surface area contributed by atoms with Crippen LogP contribution in [0.25, 0.3) is 10.9 Å². The summed E-state index contributed by atoms with van der Waals surface area (Å²) in [5.74, 6) is -1.56. The number of aliphatic hydroxyl groups is 2. The number of esters is 3. The van der Waals surface area contributed by atoms with E-state index in [1.54, 1.807) is 7.11 Å². The Morgan fingerprint density at radius 1 is 0.949 bits per heavy atom. The number of likely N-dealkylation sites (N-methyl/N-ethyl adjacent to an activating group) is 1. The molecule has 1 saturated carbocycles. The van der Waals surface area contributed by atoms with Crippen LogP contribution in [0.3, 0.4) is 0 Å².